The Morgan fingerprint density at radius 3 is 2.48 bits per heavy atom. The van der Waals surface area contributed by atoms with Crippen LogP contribution in [0.3, 0.4) is 0 Å². The Bertz CT molecular complexity index is 754. The van der Waals surface area contributed by atoms with Gasteiger partial charge in [-0.05, 0) is 42.8 Å². The van der Waals surface area contributed by atoms with Gasteiger partial charge >= 0.3 is 0 Å². The molecule has 21 heavy (non-hydrogen) atoms. The number of ether oxygens (including phenoxy) is 1. The third kappa shape index (κ3) is 3.97. The number of rotatable bonds is 4. The lowest BCUT2D eigenvalue weighted by molar-refractivity contribution is 0.199. The molecule has 6 heteroatoms. The molecule has 1 N–H and O–H groups in total. The Morgan fingerprint density at radius 1 is 1.19 bits per heavy atom. The number of aliphatic hydroxyl groups excluding tert-OH is 1. The van der Waals surface area contributed by atoms with E-state index in [-0.39, 0.29) is 4.90 Å². The van der Waals surface area contributed by atoms with E-state index in [4.69, 9.17) is 16.3 Å². The molecule has 0 spiro atoms. The van der Waals surface area contributed by atoms with E-state index in [1.54, 1.807) is 37.3 Å². The van der Waals surface area contributed by atoms with E-state index in [1.807, 2.05) is 0 Å². The third-order valence-corrected chi connectivity index (χ3v) is 4.31. The van der Waals surface area contributed by atoms with E-state index in [9.17, 15) is 13.5 Å². The molecule has 0 heterocycles. The van der Waals surface area contributed by atoms with E-state index in [1.165, 1.54) is 12.1 Å². The zero-order valence-corrected chi connectivity index (χ0v) is 13.1. The molecule has 112 valence electrons. The highest BCUT2D eigenvalue weighted by molar-refractivity contribution is 7.90. The second-order valence-corrected chi connectivity index (χ2v) is 7.14. The average molecular weight is 327 g/mol. The zero-order chi connectivity index (χ0) is 15.6. The minimum Gasteiger partial charge on any atom is -0.456 e. The summed E-state index contributed by atoms with van der Waals surface area (Å²) in [4.78, 5) is 0.178. The molecule has 0 saturated carbocycles. The molecule has 0 aliphatic rings. The molecule has 0 bridgehead atoms. The average Bonchev–Trinajstić information content (AvgIpc) is 2.40. The number of aliphatic hydroxyl groups is 1. The van der Waals surface area contributed by atoms with Crippen LogP contribution < -0.4 is 4.74 Å². The zero-order valence-electron chi connectivity index (χ0n) is 11.6. The molecule has 0 amide bonds. The Hall–Kier alpha value is -1.56. The van der Waals surface area contributed by atoms with Crippen LogP contribution in [0.1, 0.15) is 18.6 Å². The molecule has 2 rings (SSSR count). The number of sulfone groups is 1. The maximum atomic E-state index is 11.5. The summed E-state index contributed by atoms with van der Waals surface area (Å²) in [6.45, 7) is 1.64. The van der Waals surface area contributed by atoms with Gasteiger partial charge in [0.25, 0.3) is 0 Å². The van der Waals surface area contributed by atoms with Crippen molar-refractivity contribution in [1.29, 1.82) is 0 Å². The van der Waals surface area contributed by atoms with Crippen molar-refractivity contribution in [1.82, 2.24) is 0 Å². The summed E-state index contributed by atoms with van der Waals surface area (Å²) in [7, 11) is -3.29. The topological polar surface area (TPSA) is 63.6 Å². The van der Waals surface area contributed by atoms with E-state index in [0.717, 1.165) is 6.26 Å². The van der Waals surface area contributed by atoms with Gasteiger partial charge in [-0.1, -0.05) is 23.7 Å². The lowest BCUT2D eigenvalue weighted by Gasteiger charge is -2.11. The highest BCUT2D eigenvalue weighted by Gasteiger charge is 2.10. The largest absolute Gasteiger partial charge is 0.456 e. The smallest absolute Gasteiger partial charge is 0.175 e. The minimum atomic E-state index is -3.29. The van der Waals surface area contributed by atoms with Crippen LogP contribution in [0.2, 0.25) is 5.02 Å². The number of benzene rings is 2. The van der Waals surface area contributed by atoms with Crippen LogP contribution in [-0.4, -0.2) is 19.8 Å². The maximum Gasteiger partial charge on any atom is 0.175 e. The first-order chi connectivity index (χ1) is 9.77. The summed E-state index contributed by atoms with van der Waals surface area (Å²) in [6, 6.07) is 11.1. The van der Waals surface area contributed by atoms with Crippen LogP contribution in [0.25, 0.3) is 0 Å². The normalized spacial score (nSPS) is 13.0. The van der Waals surface area contributed by atoms with Crippen molar-refractivity contribution < 1.29 is 18.3 Å². The van der Waals surface area contributed by atoms with Crippen molar-refractivity contribution in [3.8, 4) is 11.5 Å². The fourth-order valence-corrected chi connectivity index (χ4v) is 2.64. The van der Waals surface area contributed by atoms with Gasteiger partial charge < -0.3 is 9.84 Å². The first-order valence-corrected chi connectivity index (χ1v) is 8.50. The van der Waals surface area contributed by atoms with Crippen molar-refractivity contribution >= 4 is 21.4 Å². The van der Waals surface area contributed by atoms with Crippen LogP contribution in [0, 0.1) is 0 Å². The third-order valence-electron chi connectivity index (χ3n) is 2.90. The quantitative estimate of drug-likeness (QED) is 0.932. The second-order valence-electron chi connectivity index (χ2n) is 4.71. The van der Waals surface area contributed by atoms with Crippen molar-refractivity contribution in [2.75, 3.05) is 6.26 Å². The van der Waals surface area contributed by atoms with E-state index >= 15 is 0 Å². The van der Waals surface area contributed by atoms with E-state index in [2.05, 4.69) is 0 Å². The Morgan fingerprint density at radius 2 is 1.90 bits per heavy atom. The van der Waals surface area contributed by atoms with Crippen molar-refractivity contribution in [2.24, 2.45) is 0 Å². The summed E-state index contributed by atoms with van der Waals surface area (Å²) < 4.78 is 28.6. The minimum absolute atomic E-state index is 0.178. The fraction of sp³-hybridized carbons (Fsp3) is 0.200. The molecule has 0 unspecified atom stereocenters. The molecule has 2 aromatic carbocycles. The van der Waals surface area contributed by atoms with E-state index in [0.29, 0.717) is 22.1 Å². The summed E-state index contributed by atoms with van der Waals surface area (Å²) in [5, 5.41) is 9.83. The summed E-state index contributed by atoms with van der Waals surface area (Å²) in [5.74, 6) is 0.774. The van der Waals surface area contributed by atoms with Crippen LogP contribution in [-0.2, 0) is 9.84 Å². The lowest BCUT2D eigenvalue weighted by atomic mass is 10.1. The molecular formula is C15H15ClO4S. The second kappa shape index (κ2) is 6.05. The summed E-state index contributed by atoms with van der Waals surface area (Å²) in [5.41, 5.74) is 0.678. The molecule has 2 aromatic rings. The number of halogens is 1. The monoisotopic (exact) mass is 326 g/mol. The molecule has 0 fully saturated rings. The van der Waals surface area contributed by atoms with Gasteiger partial charge in [0, 0.05) is 6.26 Å². The van der Waals surface area contributed by atoms with Gasteiger partial charge in [0.05, 0.1) is 16.0 Å². The van der Waals surface area contributed by atoms with Gasteiger partial charge in [-0.2, -0.15) is 0 Å². The summed E-state index contributed by atoms with van der Waals surface area (Å²) in [6.07, 6.45) is 0.515. The maximum absolute atomic E-state index is 11.5. The number of hydrogen-bond donors (Lipinski definition) is 1. The molecule has 0 saturated heterocycles. The van der Waals surface area contributed by atoms with Crippen LogP contribution in [0.5, 0.6) is 11.5 Å². The molecule has 4 nitrogen and oxygen atoms in total. The fourth-order valence-electron chi connectivity index (χ4n) is 1.76. The molecule has 0 aliphatic heterocycles. The lowest BCUT2D eigenvalue weighted by Crippen LogP contribution is -1.97. The predicted molar refractivity (Wildman–Crippen MR) is 81.7 cm³/mol. The molecule has 0 aliphatic carbocycles. The standard InChI is InChI=1S/C15H15ClO4S/c1-10(17)11-6-7-15(14(16)8-11)20-12-4-3-5-13(9-12)21(2,18)19/h3-10,17H,1-2H3/t10-/m0/s1. The Labute approximate surface area is 128 Å². The van der Waals surface area contributed by atoms with Gasteiger partial charge in [0.1, 0.15) is 11.5 Å². The van der Waals surface area contributed by atoms with E-state index < -0.39 is 15.9 Å². The highest BCUT2D eigenvalue weighted by atomic mass is 35.5. The van der Waals surface area contributed by atoms with Crippen molar-refractivity contribution in [3.05, 3.63) is 53.1 Å². The molecular weight excluding hydrogens is 312 g/mol. The molecule has 0 radical (unpaired) electrons. The first kappa shape index (κ1) is 15.8. The van der Waals surface area contributed by atoms with Gasteiger partial charge in [-0.15, -0.1) is 0 Å². The predicted octanol–water partition coefficient (Wildman–Crippen LogP) is 3.59. The van der Waals surface area contributed by atoms with Gasteiger partial charge in [0.2, 0.25) is 0 Å². The van der Waals surface area contributed by atoms with Crippen LogP contribution >= 0.6 is 11.6 Å². The summed E-state index contributed by atoms with van der Waals surface area (Å²) >= 11 is 6.10. The van der Waals surface area contributed by atoms with Crippen LogP contribution in [0.4, 0.5) is 0 Å². The number of hydrogen-bond acceptors (Lipinski definition) is 4. The highest BCUT2D eigenvalue weighted by Crippen LogP contribution is 2.32. The van der Waals surface area contributed by atoms with Gasteiger partial charge in [-0.3, -0.25) is 0 Å². The molecule has 1 atom stereocenters. The van der Waals surface area contributed by atoms with Crippen LogP contribution in [0.15, 0.2) is 47.4 Å². The Balaban J connectivity index is 2.31. The first-order valence-electron chi connectivity index (χ1n) is 6.23. The van der Waals surface area contributed by atoms with Gasteiger partial charge in [0.15, 0.2) is 9.84 Å². The molecule has 0 aromatic heterocycles. The van der Waals surface area contributed by atoms with Crippen molar-refractivity contribution in [2.45, 2.75) is 17.9 Å². The van der Waals surface area contributed by atoms with Gasteiger partial charge in [-0.25, -0.2) is 8.42 Å². The van der Waals surface area contributed by atoms with Crippen molar-refractivity contribution in [3.63, 3.8) is 0 Å². The SMILES string of the molecule is C[C@H](O)c1ccc(Oc2cccc(S(C)(=O)=O)c2)c(Cl)c1. The Kier molecular flexibility index (Phi) is 4.56.